The van der Waals surface area contributed by atoms with Gasteiger partial charge in [0.2, 0.25) is 5.91 Å². The van der Waals surface area contributed by atoms with Crippen LogP contribution < -0.4 is 25.0 Å². The molecule has 1 aliphatic rings. The zero-order valence-electron chi connectivity index (χ0n) is 17.5. The molecule has 0 saturated carbocycles. The van der Waals surface area contributed by atoms with Crippen molar-refractivity contribution in [1.82, 2.24) is 0 Å². The quantitative estimate of drug-likeness (QED) is 0.692. The van der Waals surface area contributed by atoms with E-state index in [-0.39, 0.29) is 5.91 Å². The molecule has 2 aromatic carbocycles. The second-order valence-electron chi connectivity index (χ2n) is 7.51. The Bertz CT molecular complexity index is 800. The highest BCUT2D eigenvalue weighted by Gasteiger charge is 2.15. The van der Waals surface area contributed by atoms with E-state index in [0.29, 0.717) is 30.2 Å². The minimum atomic E-state index is -0.0694. The number of carbonyl (C=O) groups is 1. The molecule has 1 aliphatic heterocycles. The summed E-state index contributed by atoms with van der Waals surface area (Å²) in [7, 11) is 3.17. The van der Waals surface area contributed by atoms with Gasteiger partial charge in [0.1, 0.15) is 11.5 Å². The van der Waals surface area contributed by atoms with Gasteiger partial charge in [-0.2, -0.15) is 0 Å². The van der Waals surface area contributed by atoms with Crippen LogP contribution in [0.25, 0.3) is 0 Å². The predicted molar refractivity (Wildman–Crippen MR) is 118 cm³/mol. The molecule has 1 fully saturated rings. The van der Waals surface area contributed by atoms with Crippen LogP contribution in [0.15, 0.2) is 42.5 Å². The fourth-order valence-electron chi connectivity index (χ4n) is 3.49. The van der Waals surface area contributed by atoms with Crippen molar-refractivity contribution in [2.75, 3.05) is 49.4 Å². The van der Waals surface area contributed by atoms with Gasteiger partial charge in [0.05, 0.1) is 19.9 Å². The van der Waals surface area contributed by atoms with Gasteiger partial charge in [0, 0.05) is 43.5 Å². The standard InChI is InChI=1S/C23H31N3O3/c1-17-11-14-26(15-12-17)19-6-4-18(5-7-19)24-13-10-23(27)25-21-9-8-20(28-2)16-22(21)29-3/h4-9,16-17,24H,10-15H2,1-3H3,(H,25,27). The summed E-state index contributed by atoms with van der Waals surface area (Å²) in [5, 5.41) is 6.20. The second kappa shape index (κ2) is 10.0. The van der Waals surface area contributed by atoms with E-state index in [4.69, 9.17) is 9.47 Å². The number of carbonyl (C=O) groups excluding carboxylic acids is 1. The Morgan fingerprint density at radius 3 is 2.45 bits per heavy atom. The summed E-state index contributed by atoms with van der Waals surface area (Å²) in [6.45, 7) is 5.14. The number of nitrogens with zero attached hydrogens (tertiary/aromatic N) is 1. The van der Waals surface area contributed by atoms with Crippen LogP contribution in [0, 0.1) is 5.92 Å². The van der Waals surface area contributed by atoms with E-state index in [9.17, 15) is 4.79 Å². The first kappa shape index (κ1) is 20.8. The Hall–Kier alpha value is -2.89. The molecule has 0 aromatic heterocycles. The normalized spacial score (nSPS) is 14.4. The van der Waals surface area contributed by atoms with E-state index in [2.05, 4.69) is 46.7 Å². The number of nitrogens with one attached hydrogen (secondary N) is 2. The lowest BCUT2D eigenvalue weighted by atomic mass is 9.99. The van der Waals surface area contributed by atoms with E-state index >= 15 is 0 Å². The van der Waals surface area contributed by atoms with Gasteiger partial charge in [-0.3, -0.25) is 4.79 Å². The van der Waals surface area contributed by atoms with Gasteiger partial charge in [-0.05, 0) is 55.2 Å². The van der Waals surface area contributed by atoms with E-state index in [1.165, 1.54) is 18.5 Å². The van der Waals surface area contributed by atoms with E-state index in [0.717, 1.165) is 24.7 Å². The Morgan fingerprint density at radius 2 is 1.79 bits per heavy atom. The van der Waals surface area contributed by atoms with Crippen LogP contribution >= 0.6 is 0 Å². The van der Waals surface area contributed by atoms with Crippen molar-refractivity contribution < 1.29 is 14.3 Å². The topological polar surface area (TPSA) is 62.8 Å². The molecule has 0 bridgehead atoms. The average Bonchev–Trinajstić information content (AvgIpc) is 2.75. The molecular weight excluding hydrogens is 366 g/mol. The minimum absolute atomic E-state index is 0.0694. The molecule has 2 N–H and O–H groups in total. The minimum Gasteiger partial charge on any atom is -0.497 e. The molecular formula is C23H31N3O3. The van der Waals surface area contributed by atoms with Crippen LogP contribution in [-0.2, 0) is 4.79 Å². The average molecular weight is 398 g/mol. The molecule has 1 saturated heterocycles. The maximum Gasteiger partial charge on any atom is 0.226 e. The van der Waals surface area contributed by atoms with Crippen LogP contribution in [0.4, 0.5) is 17.1 Å². The summed E-state index contributed by atoms with van der Waals surface area (Å²) in [4.78, 5) is 14.7. The van der Waals surface area contributed by atoms with Crippen LogP contribution in [0.1, 0.15) is 26.2 Å². The molecule has 0 spiro atoms. The largest absolute Gasteiger partial charge is 0.497 e. The van der Waals surface area contributed by atoms with E-state index < -0.39 is 0 Å². The van der Waals surface area contributed by atoms with E-state index in [1.807, 2.05) is 0 Å². The number of piperidine rings is 1. The number of ether oxygens (including phenoxy) is 2. The van der Waals surface area contributed by atoms with Crippen LogP contribution in [0.5, 0.6) is 11.5 Å². The van der Waals surface area contributed by atoms with E-state index in [1.54, 1.807) is 32.4 Å². The van der Waals surface area contributed by atoms with Crippen molar-refractivity contribution in [1.29, 1.82) is 0 Å². The number of methoxy groups -OCH3 is 2. The molecule has 6 nitrogen and oxygen atoms in total. The maximum absolute atomic E-state index is 12.3. The molecule has 0 atom stereocenters. The maximum atomic E-state index is 12.3. The first-order chi connectivity index (χ1) is 14.1. The number of anilines is 3. The molecule has 1 heterocycles. The van der Waals surface area contributed by atoms with Crippen molar-refractivity contribution in [2.45, 2.75) is 26.2 Å². The molecule has 29 heavy (non-hydrogen) atoms. The van der Waals surface area contributed by atoms with Gasteiger partial charge in [-0.1, -0.05) is 6.92 Å². The van der Waals surface area contributed by atoms with Crippen molar-refractivity contribution in [3.63, 3.8) is 0 Å². The summed E-state index contributed by atoms with van der Waals surface area (Å²) in [5.74, 6) is 2.02. The number of benzene rings is 2. The Morgan fingerprint density at radius 1 is 1.07 bits per heavy atom. The number of rotatable bonds is 8. The highest BCUT2D eigenvalue weighted by atomic mass is 16.5. The number of hydrogen-bond donors (Lipinski definition) is 2. The summed E-state index contributed by atoms with van der Waals surface area (Å²) in [6, 6.07) is 13.8. The second-order valence-corrected chi connectivity index (χ2v) is 7.51. The van der Waals surface area contributed by atoms with Crippen molar-refractivity contribution in [3.05, 3.63) is 42.5 Å². The van der Waals surface area contributed by atoms with Gasteiger partial charge in [0.25, 0.3) is 0 Å². The molecule has 2 aromatic rings. The Kier molecular flexibility index (Phi) is 7.22. The highest BCUT2D eigenvalue weighted by molar-refractivity contribution is 5.92. The first-order valence-electron chi connectivity index (χ1n) is 10.2. The fourth-order valence-corrected chi connectivity index (χ4v) is 3.49. The van der Waals surface area contributed by atoms with Crippen LogP contribution in [-0.4, -0.2) is 39.8 Å². The third kappa shape index (κ3) is 5.79. The third-order valence-corrected chi connectivity index (χ3v) is 5.38. The van der Waals surface area contributed by atoms with Crippen molar-refractivity contribution in [2.24, 2.45) is 5.92 Å². The van der Waals surface area contributed by atoms with Gasteiger partial charge >= 0.3 is 0 Å². The van der Waals surface area contributed by atoms with Gasteiger partial charge < -0.3 is 25.0 Å². The van der Waals surface area contributed by atoms with Gasteiger partial charge in [0.15, 0.2) is 0 Å². The first-order valence-corrected chi connectivity index (χ1v) is 10.2. The smallest absolute Gasteiger partial charge is 0.226 e. The lowest BCUT2D eigenvalue weighted by molar-refractivity contribution is -0.116. The van der Waals surface area contributed by atoms with Crippen molar-refractivity contribution >= 4 is 23.0 Å². The SMILES string of the molecule is COc1ccc(NC(=O)CCNc2ccc(N3CCC(C)CC3)cc2)c(OC)c1. The van der Waals surface area contributed by atoms with Gasteiger partial charge in [-0.25, -0.2) is 0 Å². The molecule has 0 aliphatic carbocycles. The lowest BCUT2D eigenvalue weighted by Gasteiger charge is -2.32. The number of amides is 1. The lowest BCUT2D eigenvalue weighted by Crippen LogP contribution is -2.32. The monoisotopic (exact) mass is 397 g/mol. The summed E-state index contributed by atoms with van der Waals surface area (Å²) >= 11 is 0. The summed E-state index contributed by atoms with van der Waals surface area (Å²) < 4.78 is 10.5. The van der Waals surface area contributed by atoms with Crippen LogP contribution in [0.2, 0.25) is 0 Å². The molecule has 0 unspecified atom stereocenters. The molecule has 3 rings (SSSR count). The molecule has 1 amide bonds. The Labute approximate surface area is 173 Å². The predicted octanol–water partition coefficient (Wildman–Crippen LogP) is 4.38. The summed E-state index contributed by atoms with van der Waals surface area (Å²) in [6.07, 6.45) is 2.88. The zero-order chi connectivity index (χ0) is 20.6. The molecule has 156 valence electrons. The highest BCUT2D eigenvalue weighted by Crippen LogP contribution is 2.29. The Balaban J connectivity index is 1.45. The zero-order valence-corrected chi connectivity index (χ0v) is 17.5. The van der Waals surface area contributed by atoms with Crippen molar-refractivity contribution in [3.8, 4) is 11.5 Å². The molecule has 6 heteroatoms. The molecule has 0 radical (unpaired) electrons. The summed E-state index contributed by atoms with van der Waals surface area (Å²) in [5.41, 5.74) is 2.93. The third-order valence-electron chi connectivity index (χ3n) is 5.38. The van der Waals surface area contributed by atoms with Crippen LogP contribution in [0.3, 0.4) is 0 Å². The number of hydrogen-bond acceptors (Lipinski definition) is 5. The fraction of sp³-hybridized carbons (Fsp3) is 0.435. The van der Waals surface area contributed by atoms with Gasteiger partial charge in [-0.15, -0.1) is 0 Å².